The molecule has 0 fully saturated rings. The van der Waals surface area contributed by atoms with Crippen molar-refractivity contribution in [3.63, 3.8) is 0 Å². The van der Waals surface area contributed by atoms with Crippen molar-refractivity contribution < 1.29 is 14.6 Å². The predicted molar refractivity (Wildman–Crippen MR) is 56.8 cm³/mol. The lowest BCUT2D eigenvalue weighted by Crippen LogP contribution is -2.06. The minimum absolute atomic E-state index is 0.150. The zero-order valence-corrected chi connectivity index (χ0v) is 9.24. The van der Waals surface area contributed by atoms with E-state index in [1.807, 2.05) is 22.6 Å². The third-order valence-corrected chi connectivity index (χ3v) is 2.34. The summed E-state index contributed by atoms with van der Waals surface area (Å²) in [6.07, 6.45) is 0. The van der Waals surface area contributed by atoms with Crippen LogP contribution in [0.2, 0.25) is 0 Å². The molecule has 0 aliphatic heterocycles. The molecular weight excluding hydrogens is 283 g/mol. The summed E-state index contributed by atoms with van der Waals surface area (Å²) in [5.74, 6) is -0.204. The van der Waals surface area contributed by atoms with Gasteiger partial charge in [0.15, 0.2) is 0 Å². The molecular formula is C9H9IO3. The number of rotatable bonds is 2. The van der Waals surface area contributed by atoms with Gasteiger partial charge in [0.25, 0.3) is 0 Å². The standard InChI is InChI=1S/C9H9IO3/c1-2-13-9(12)7-4-3-6(11)5-8(7)10/h3-5,11H,2H2,1H3. The number of phenolic OH excluding ortho intramolecular Hbond substituents is 1. The van der Waals surface area contributed by atoms with Crippen molar-refractivity contribution in [3.8, 4) is 5.75 Å². The number of hydrogen-bond acceptors (Lipinski definition) is 3. The lowest BCUT2D eigenvalue weighted by molar-refractivity contribution is 0.0525. The largest absolute Gasteiger partial charge is 0.508 e. The fraction of sp³-hybridized carbons (Fsp3) is 0.222. The average Bonchev–Trinajstić information content (AvgIpc) is 2.04. The van der Waals surface area contributed by atoms with Crippen LogP contribution >= 0.6 is 22.6 Å². The first-order valence-corrected chi connectivity index (χ1v) is 4.88. The lowest BCUT2D eigenvalue weighted by Gasteiger charge is -2.03. The van der Waals surface area contributed by atoms with Crippen molar-refractivity contribution >= 4 is 28.6 Å². The molecule has 0 radical (unpaired) electrons. The summed E-state index contributed by atoms with van der Waals surface area (Å²) in [5, 5.41) is 9.09. The minimum atomic E-state index is -0.355. The number of aromatic hydroxyl groups is 1. The number of carbonyl (C=O) groups is 1. The van der Waals surface area contributed by atoms with Crippen molar-refractivity contribution in [1.82, 2.24) is 0 Å². The van der Waals surface area contributed by atoms with E-state index in [-0.39, 0.29) is 11.7 Å². The van der Waals surface area contributed by atoms with Gasteiger partial charge >= 0.3 is 5.97 Å². The van der Waals surface area contributed by atoms with Gasteiger partial charge < -0.3 is 9.84 Å². The van der Waals surface area contributed by atoms with E-state index >= 15 is 0 Å². The van der Waals surface area contributed by atoms with Crippen molar-refractivity contribution in [2.24, 2.45) is 0 Å². The van der Waals surface area contributed by atoms with Gasteiger partial charge in [-0.25, -0.2) is 4.79 Å². The smallest absolute Gasteiger partial charge is 0.339 e. The second-order valence-corrected chi connectivity index (χ2v) is 3.55. The highest BCUT2D eigenvalue weighted by atomic mass is 127. The number of halogens is 1. The molecule has 0 aliphatic rings. The van der Waals surface area contributed by atoms with E-state index in [2.05, 4.69) is 0 Å². The summed E-state index contributed by atoms with van der Waals surface area (Å²) in [5.41, 5.74) is 0.486. The van der Waals surface area contributed by atoms with E-state index in [4.69, 9.17) is 9.84 Å². The Morgan fingerprint density at radius 2 is 2.31 bits per heavy atom. The number of hydrogen-bond donors (Lipinski definition) is 1. The molecule has 0 aromatic heterocycles. The molecule has 0 unspecified atom stereocenters. The number of esters is 1. The highest BCUT2D eigenvalue weighted by Crippen LogP contribution is 2.19. The van der Waals surface area contributed by atoms with Crippen LogP contribution in [0.1, 0.15) is 17.3 Å². The minimum Gasteiger partial charge on any atom is -0.508 e. The summed E-state index contributed by atoms with van der Waals surface area (Å²) in [6.45, 7) is 2.11. The third kappa shape index (κ3) is 2.58. The van der Waals surface area contributed by atoms with Crippen molar-refractivity contribution in [3.05, 3.63) is 27.3 Å². The van der Waals surface area contributed by atoms with Gasteiger partial charge in [0.1, 0.15) is 5.75 Å². The van der Waals surface area contributed by atoms with Gasteiger partial charge in [-0.2, -0.15) is 0 Å². The van der Waals surface area contributed by atoms with Gasteiger partial charge in [-0.3, -0.25) is 0 Å². The molecule has 0 amide bonds. The molecule has 70 valence electrons. The van der Waals surface area contributed by atoms with Crippen LogP contribution in [0.3, 0.4) is 0 Å². The Bertz CT molecular complexity index is 323. The quantitative estimate of drug-likeness (QED) is 0.671. The maximum absolute atomic E-state index is 11.3. The highest BCUT2D eigenvalue weighted by molar-refractivity contribution is 14.1. The van der Waals surface area contributed by atoms with E-state index < -0.39 is 0 Å². The predicted octanol–water partition coefficient (Wildman–Crippen LogP) is 2.17. The molecule has 0 saturated heterocycles. The van der Waals surface area contributed by atoms with E-state index in [9.17, 15) is 4.79 Å². The number of ether oxygens (including phenoxy) is 1. The first kappa shape index (κ1) is 10.3. The molecule has 0 bridgehead atoms. The van der Waals surface area contributed by atoms with Crippen LogP contribution in [0.25, 0.3) is 0 Å². The van der Waals surface area contributed by atoms with Gasteiger partial charge in [0, 0.05) is 3.57 Å². The van der Waals surface area contributed by atoms with Crippen LogP contribution in [-0.4, -0.2) is 17.7 Å². The number of phenols is 1. The Hall–Kier alpha value is -0.780. The highest BCUT2D eigenvalue weighted by Gasteiger charge is 2.10. The topological polar surface area (TPSA) is 46.5 Å². The monoisotopic (exact) mass is 292 g/mol. The molecule has 0 aliphatic carbocycles. The van der Waals surface area contributed by atoms with Crippen molar-refractivity contribution in [2.75, 3.05) is 6.61 Å². The first-order chi connectivity index (χ1) is 6.15. The zero-order valence-electron chi connectivity index (χ0n) is 7.08. The first-order valence-electron chi connectivity index (χ1n) is 3.80. The van der Waals surface area contributed by atoms with E-state index in [0.717, 1.165) is 0 Å². The molecule has 0 spiro atoms. The molecule has 1 rings (SSSR count). The fourth-order valence-corrected chi connectivity index (χ4v) is 1.60. The fourth-order valence-electron chi connectivity index (χ4n) is 0.878. The number of carbonyl (C=O) groups excluding carboxylic acids is 1. The Kier molecular flexibility index (Phi) is 3.53. The van der Waals surface area contributed by atoms with Gasteiger partial charge in [0.2, 0.25) is 0 Å². The van der Waals surface area contributed by atoms with Crippen LogP contribution in [0, 0.1) is 3.57 Å². The molecule has 13 heavy (non-hydrogen) atoms. The summed E-state index contributed by atoms with van der Waals surface area (Å²) in [6, 6.07) is 4.54. The normalized spacial score (nSPS) is 9.69. The van der Waals surface area contributed by atoms with Crippen LogP contribution in [0.15, 0.2) is 18.2 Å². The zero-order chi connectivity index (χ0) is 9.84. The van der Waals surface area contributed by atoms with E-state index in [1.165, 1.54) is 12.1 Å². The molecule has 4 heteroatoms. The summed E-state index contributed by atoms with van der Waals surface area (Å²) in [7, 11) is 0. The SMILES string of the molecule is CCOC(=O)c1ccc(O)cc1I. The van der Waals surface area contributed by atoms with Gasteiger partial charge in [-0.15, -0.1) is 0 Å². The average molecular weight is 292 g/mol. The molecule has 0 heterocycles. The second kappa shape index (κ2) is 4.45. The van der Waals surface area contributed by atoms with Gasteiger partial charge in [-0.1, -0.05) is 0 Å². The molecule has 3 nitrogen and oxygen atoms in total. The maximum Gasteiger partial charge on any atom is 0.339 e. The van der Waals surface area contributed by atoms with Gasteiger partial charge in [0.05, 0.1) is 12.2 Å². The molecule has 1 N–H and O–H groups in total. The third-order valence-electron chi connectivity index (χ3n) is 1.45. The molecule has 0 saturated carbocycles. The molecule has 0 atom stereocenters. The van der Waals surface area contributed by atoms with E-state index in [1.54, 1.807) is 13.0 Å². The van der Waals surface area contributed by atoms with Crippen LogP contribution in [0.4, 0.5) is 0 Å². The molecule has 1 aromatic rings. The van der Waals surface area contributed by atoms with Crippen molar-refractivity contribution in [2.45, 2.75) is 6.92 Å². The Morgan fingerprint density at radius 3 is 2.85 bits per heavy atom. The summed E-state index contributed by atoms with van der Waals surface area (Å²) < 4.78 is 5.51. The Balaban J connectivity index is 2.95. The van der Waals surface area contributed by atoms with Gasteiger partial charge in [-0.05, 0) is 47.7 Å². The van der Waals surface area contributed by atoms with Crippen molar-refractivity contribution in [1.29, 1.82) is 0 Å². The Labute approximate surface area is 89.9 Å². The summed E-state index contributed by atoms with van der Waals surface area (Å²) in [4.78, 5) is 11.3. The summed E-state index contributed by atoms with van der Waals surface area (Å²) >= 11 is 1.98. The second-order valence-electron chi connectivity index (χ2n) is 2.38. The van der Waals surface area contributed by atoms with Crippen LogP contribution < -0.4 is 0 Å². The van der Waals surface area contributed by atoms with Crippen LogP contribution in [-0.2, 0) is 4.74 Å². The molecule has 1 aromatic carbocycles. The maximum atomic E-state index is 11.3. The lowest BCUT2D eigenvalue weighted by atomic mass is 10.2. The Morgan fingerprint density at radius 1 is 1.62 bits per heavy atom. The van der Waals surface area contributed by atoms with Crippen LogP contribution in [0.5, 0.6) is 5.75 Å². The van der Waals surface area contributed by atoms with E-state index in [0.29, 0.717) is 15.7 Å². The number of benzene rings is 1.